The highest BCUT2D eigenvalue weighted by Crippen LogP contribution is 2.48. The van der Waals surface area contributed by atoms with E-state index in [1.165, 1.54) is 0 Å². The number of anilines is 1. The Morgan fingerprint density at radius 3 is 2.30 bits per heavy atom. The van der Waals surface area contributed by atoms with Gasteiger partial charge in [0.05, 0.1) is 5.41 Å². The molecule has 1 aliphatic carbocycles. The lowest BCUT2D eigenvalue weighted by molar-refractivity contribution is -0.123. The van der Waals surface area contributed by atoms with Gasteiger partial charge in [0.1, 0.15) is 0 Å². The van der Waals surface area contributed by atoms with E-state index in [1.54, 1.807) is 13.1 Å². The van der Waals surface area contributed by atoms with Crippen LogP contribution < -0.4 is 10.6 Å². The maximum absolute atomic E-state index is 12.2. The molecule has 0 bridgehead atoms. The lowest BCUT2D eigenvalue weighted by Gasteiger charge is -2.14. The van der Waals surface area contributed by atoms with Crippen LogP contribution in [0.2, 0.25) is 0 Å². The molecule has 0 unspecified atom stereocenters. The fraction of sp³-hybridized carbons (Fsp3) is 0.263. The summed E-state index contributed by atoms with van der Waals surface area (Å²) in [7, 11) is 1.67. The highest BCUT2D eigenvalue weighted by Gasteiger charge is 2.50. The van der Waals surface area contributed by atoms with Crippen molar-refractivity contribution in [2.45, 2.75) is 25.2 Å². The van der Waals surface area contributed by atoms with E-state index in [9.17, 15) is 9.59 Å². The Bertz CT molecular complexity index is 746. The molecule has 2 N–H and O–H groups in total. The summed E-state index contributed by atoms with van der Waals surface area (Å²) < 4.78 is 0. The molecule has 1 saturated carbocycles. The fourth-order valence-corrected chi connectivity index (χ4v) is 2.87. The number of aryl methyl sites for hydroxylation is 1. The summed E-state index contributed by atoms with van der Waals surface area (Å²) in [5, 5.41) is 5.62. The summed E-state index contributed by atoms with van der Waals surface area (Å²) in [4.78, 5) is 24.2. The van der Waals surface area contributed by atoms with Gasteiger partial charge < -0.3 is 10.6 Å². The first kappa shape index (κ1) is 15.3. The zero-order valence-electron chi connectivity index (χ0n) is 13.3. The number of likely N-dealkylation sites (N-methyl/N-ethyl adjacent to an activating group) is 1. The summed E-state index contributed by atoms with van der Waals surface area (Å²) in [6, 6.07) is 15.0. The predicted octanol–water partition coefficient (Wildman–Crippen LogP) is 3.02. The molecule has 3 rings (SSSR count). The Kier molecular flexibility index (Phi) is 3.90. The van der Waals surface area contributed by atoms with Crippen molar-refractivity contribution in [1.82, 2.24) is 5.32 Å². The van der Waals surface area contributed by atoms with Gasteiger partial charge in [-0.25, -0.2) is 0 Å². The van der Waals surface area contributed by atoms with Crippen molar-refractivity contribution in [1.29, 1.82) is 0 Å². The predicted molar refractivity (Wildman–Crippen MR) is 90.6 cm³/mol. The summed E-state index contributed by atoms with van der Waals surface area (Å²) in [6.07, 6.45) is 1.75. The van der Waals surface area contributed by atoms with Gasteiger partial charge in [0, 0.05) is 18.3 Å². The Labute approximate surface area is 135 Å². The van der Waals surface area contributed by atoms with Crippen LogP contribution in [0.3, 0.4) is 0 Å². The van der Waals surface area contributed by atoms with Crippen LogP contribution in [0.15, 0.2) is 48.5 Å². The number of hydrogen-bond donors (Lipinski definition) is 2. The SMILES string of the molecule is CNC(=O)C1(c2ccc(NC(=O)c3cccc(C)c3)cc2)CC1. The molecule has 0 spiro atoms. The van der Waals surface area contributed by atoms with Crippen molar-refractivity contribution < 1.29 is 9.59 Å². The summed E-state index contributed by atoms with van der Waals surface area (Å²) >= 11 is 0. The Morgan fingerprint density at radius 1 is 1.04 bits per heavy atom. The van der Waals surface area contributed by atoms with Crippen LogP contribution in [-0.4, -0.2) is 18.9 Å². The highest BCUT2D eigenvalue weighted by atomic mass is 16.2. The summed E-state index contributed by atoms with van der Waals surface area (Å²) in [5.41, 5.74) is 3.05. The minimum Gasteiger partial charge on any atom is -0.358 e. The highest BCUT2D eigenvalue weighted by molar-refractivity contribution is 6.04. The Hall–Kier alpha value is -2.62. The maximum Gasteiger partial charge on any atom is 0.255 e. The molecule has 118 valence electrons. The molecule has 4 nitrogen and oxygen atoms in total. The summed E-state index contributed by atoms with van der Waals surface area (Å²) in [6.45, 7) is 1.96. The molecule has 0 aliphatic heterocycles. The Morgan fingerprint density at radius 2 is 1.74 bits per heavy atom. The second-order valence-electron chi connectivity index (χ2n) is 6.06. The molecule has 0 atom stereocenters. The lowest BCUT2D eigenvalue weighted by Crippen LogP contribution is -2.31. The molecule has 4 heteroatoms. The first-order chi connectivity index (χ1) is 11.0. The van der Waals surface area contributed by atoms with Crippen LogP contribution in [-0.2, 0) is 10.2 Å². The normalized spacial score (nSPS) is 14.9. The van der Waals surface area contributed by atoms with Crippen LogP contribution in [0.1, 0.15) is 34.3 Å². The first-order valence-corrected chi connectivity index (χ1v) is 7.76. The monoisotopic (exact) mass is 308 g/mol. The van der Waals surface area contributed by atoms with Crippen molar-refractivity contribution in [3.63, 3.8) is 0 Å². The fourth-order valence-electron chi connectivity index (χ4n) is 2.87. The van der Waals surface area contributed by atoms with Crippen LogP contribution in [0.25, 0.3) is 0 Å². The lowest BCUT2D eigenvalue weighted by atomic mass is 9.95. The minimum atomic E-state index is -0.367. The number of carbonyl (C=O) groups is 2. The van der Waals surface area contributed by atoms with E-state index in [4.69, 9.17) is 0 Å². The molecular weight excluding hydrogens is 288 g/mol. The standard InChI is InChI=1S/C19H20N2O2/c1-13-4-3-5-14(12-13)17(22)21-16-8-6-15(7-9-16)19(10-11-19)18(23)20-2/h3-9,12H,10-11H2,1-2H3,(H,20,23)(H,21,22). The van der Waals surface area contributed by atoms with E-state index in [-0.39, 0.29) is 17.2 Å². The van der Waals surface area contributed by atoms with E-state index < -0.39 is 0 Å². The van der Waals surface area contributed by atoms with Crippen molar-refractivity contribution >= 4 is 17.5 Å². The van der Waals surface area contributed by atoms with Crippen LogP contribution in [0.4, 0.5) is 5.69 Å². The van der Waals surface area contributed by atoms with Gasteiger partial charge in [0.15, 0.2) is 0 Å². The first-order valence-electron chi connectivity index (χ1n) is 7.76. The molecule has 2 aromatic carbocycles. The van der Waals surface area contributed by atoms with Gasteiger partial charge in [-0.15, -0.1) is 0 Å². The molecule has 23 heavy (non-hydrogen) atoms. The van der Waals surface area contributed by atoms with Crippen molar-refractivity contribution in [3.05, 3.63) is 65.2 Å². The molecule has 2 amide bonds. The van der Waals surface area contributed by atoms with E-state index >= 15 is 0 Å². The smallest absolute Gasteiger partial charge is 0.255 e. The molecule has 0 heterocycles. The molecular formula is C19H20N2O2. The van der Waals surface area contributed by atoms with Gasteiger partial charge in [-0.3, -0.25) is 9.59 Å². The number of amides is 2. The van der Waals surface area contributed by atoms with Crippen molar-refractivity contribution in [2.24, 2.45) is 0 Å². The van der Waals surface area contributed by atoms with E-state index in [0.29, 0.717) is 5.56 Å². The molecule has 2 aromatic rings. The topological polar surface area (TPSA) is 58.2 Å². The average Bonchev–Trinajstić information content (AvgIpc) is 3.36. The van der Waals surface area contributed by atoms with Gasteiger partial charge in [-0.05, 0) is 49.6 Å². The van der Waals surface area contributed by atoms with Gasteiger partial charge in [-0.1, -0.05) is 29.8 Å². The quantitative estimate of drug-likeness (QED) is 0.912. The van der Waals surface area contributed by atoms with E-state index in [0.717, 1.165) is 29.7 Å². The molecule has 1 aliphatic rings. The molecule has 0 radical (unpaired) electrons. The van der Waals surface area contributed by atoms with Gasteiger partial charge in [0.25, 0.3) is 5.91 Å². The molecule has 0 saturated heterocycles. The zero-order valence-corrected chi connectivity index (χ0v) is 13.3. The number of rotatable bonds is 4. The zero-order chi connectivity index (χ0) is 16.4. The summed E-state index contributed by atoms with van der Waals surface area (Å²) in [5.74, 6) is -0.0667. The Balaban J connectivity index is 1.73. The average molecular weight is 308 g/mol. The van der Waals surface area contributed by atoms with Gasteiger partial charge in [-0.2, -0.15) is 0 Å². The van der Waals surface area contributed by atoms with E-state index in [1.807, 2.05) is 49.4 Å². The van der Waals surface area contributed by atoms with Crippen molar-refractivity contribution in [2.75, 3.05) is 12.4 Å². The third kappa shape index (κ3) is 2.97. The van der Waals surface area contributed by atoms with Crippen LogP contribution >= 0.6 is 0 Å². The number of nitrogens with one attached hydrogen (secondary N) is 2. The maximum atomic E-state index is 12.2. The number of benzene rings is 2. The molecule has 1 fully saturated rings. The largest absolute Gasteiger partial charge is 0.358 e. The number of hydrogen-bond acceptors (Lipinski definition) is 2. The van der Waals surface area contributed by atoms with Crippen LogP contribution in [0.5, 0.6) is 0 Å². The minimum absolute atomic E-state index is 0.0639. The second kappa shape index (κ2) is 5.88. The third-order valence-corrected chi connectivity index (χ3v) is 4.39. The van der Waals surface area contributed by atoms with E-state index in [2.05, 4.69) is 10.6 Å². The number of carbonyl (C=O) groups excluding carboxylic acids is 2. The van der Waals surface area contributed by atoms with Crippen LogP contribution in [0, 0.1) is 6.92 Å². The second-order valence-corrected chi connectivity index (χ2v) is 6.06. The van der Waals surface area contributed by atoms with Gasteiger partial charge in [0.2, 0.25) is 5.91 Å². The van der Waals surface area contributed by atoms with Crippen molar-refractivity contribution in [3.8, 4) is 0 Å². The molecule has 0 aromatic heterocycles. The third-order valence-electron chi connectivity index (χ3n) is 4.39. The van der Waals surface area contributed by atoms with Gasteiger partial charge >= 0.3 is 0 Å².